The molecule has 2 unspecified atom stereocenters. The number of halogens is 1. The standard InChI is InChI=1S/C16H21ClN2O2/c1-10-6-11(2)9-19(8-10)16(21)15(20)18-13-5-4-12(3)14(17)7-13/h4-5,7,10-11H,6,8-9H2,1-3H3,(H,18,20). The molecule has 5 heteroatoms. The zero-order valence-corrected chi connectivity index (χ0v) is 13.4. The van der Waals surface area contributed by atoms with E-state index in [2.05, 4.69) is 19.2 Å². The average molecular weight is 309 g/mol. The van der Waals surface area contributed by atoms with Crippen LogP contribution in [0, 0.1) is 18.8 Å². The molecule has 2 rings (SSSR count). The fourth-order valence-corrected chi connectivity index (χ4v) is 3.01. The molecule has 1 aliphatic rings. The van der Waals surface area contributed by atoms with Gasteiger partial charge in [0.2, 0.25) is 0 Å². The summed E-state index contributed by atoms with van der Waals surface area (Å²) in [6.07, 6.45) is 1.10. The van der Waals surface area contributed by atoms with E-state index in [0.29, 0.717) is 35.6 Å². The SMILES string of the molecule is Cc1ccc(NC(=O)C(=O)N2CC(C)CC(C)C2)cc1Cl. The number of amides is 2. The number of anilines is 1. The summed E-state index contributed by atoms with van der Waals surface area (Å²) in [5.74, 6) is -0.208. The lowest BCUT2D eigenvalue weighted by Gasteiger charge is -2.34. The van der Waals surface area contributed by atoms with Crippen LogP contribution in [0.15, 0.2) is 18.2 Å². The Morgan fingerprint density at radius 2 is 1.86 bits per heavy atom. The highest BCUT2D eigenvalue weighted by atomic mass is 35.5. The molecule has 1 fully saturated rings. The number of likely N-dealkylation sites (tertiary alicyclic amines) is 1. The molecule has 21 heavy (non-hydrogen) atoms. The third-order valence-corrected chi connectivity index (χ3v) is 4.19. The first-order valence-electron chi connectivity index (χ1n) is 7.23. The topological polar surface area (TPSA) is 49.4 Å². The molecule has 2 amide bonds. The van der Waals surface area contributed by atoms with E-state index in [9.17, 15) is 9.59 Å². The smallest absolute Gasteiger partial charge is 0.313 e. The number of piperidine rings is 1. The summed E-state index contributed by atoms with van der Waals surface area (Å²) in [6.45, 7) is 7.38. The van der Waals surface area contributed by atoms with Gasteiger partial charge in [0.1, 0.15) is 0 Å². The highest BCUT2D eigenvalue weighted by molar-refractivity contribution is 6.39. The molecule has 2 atom stereocenters. The van der Waals surface area contributed by atoms with Crippen molar-refractivity contribution >= 4 is 29.1 Å². The van der Waals surface area contributed by atoms with Crippen molar-refractivity contribution in [3.8, 4) is 0 Å². The molecule has 1 aromatic carbocycles. The average Bonchev–Trinajstić information content (AvgIpc) is 2.41. The van der Waals surface area contributed by atoms with Crippen LogP contribution < -0.4 is 5.32 Å². The Bertz CT molecular complexity index is 549. The van der Waals surface area contributed by atoms with E-state index in [4.69, 9.17) is 11.6 Å². The lowest BCUT2D eigenvalue weighted by Crippen LogP contribution is -2.47. The number of hydrogen-bond donors (Lipinski definition) is 1. The van der Waals surface area contributed by atoms with Gasteiger partial charge in [0, 0.05) is 23.8 Å². The molecule has 1 saturated heterocycles. The van der Waals surface area contributed by atoms with E-state index < -0.39 is 11.8 Å². The Hall–Kier alpha value is -1.55. The van der Waals surface area contributed by atoms with E-state index in [0.717, 1.165) is 12.0 Å². The van der Waals surface area contributed by atoms with Crippen molar-refractivity contribution < 1.29 is 9.59 Å². The van der Waals surface area contributed by atoms with Gasteiger partial charge < -0.3 is 10.2 Å². The predicted molar refractivity (Wildman–Crippen MR) is 84.3 cm³/mol. The fraction of sp³-hybridized carbons (Fsp3) is 0.500. The summed E-state index contributed by atoms with van der Waals surface area (Å²) in [6, 6.07) is 5.21. The van der Waals surface area contributed by atoms with Gasteiger partial charge in [-0.25, -0.2) is 0 Å². The van der Waals surface area contributed by atoms with Gasteiger partial charge in [0.15, 0.2) is 0 Å². The monoisotopic (exact) mass is 308 g/mol. The zero-order chi connectivity index (χ0) is 15.6. The maximum Gasteiger partial charge on any atom is 0.313 e. The number of nitrogens with zero attached hydrogens (tertiary/aromatic N) is 1. The summed E-state index contributed by atoms with van der Waals surface area (Å²) in [5, 5.41) is 3.19. The maximum absolute atomic E-state index is 12.2. The Kier molecular flexibility index (Phi) is 4.88. The van der Waals surface area contributed by atoms with Gasteiger partial charge in [-0.3, -0.25) is 9.59 Å². The molecule has 1 aliphatic heterocycles. The molecular weight excluding hydrogens is 288 g/mol. The van der Waals surface area contributed by atoms with Crippen molar-refractivity contribution in [3.05, 3.63) is 28.8 Å². The van der Waals surface area contributed by atoms with Crippen molar-refractivity contribution in [2.75, 3.05) is 18.4 Å². The molecule has 0 spiro atoms. The minimum atomic E-state index is -0.601. The van der Waals surface area contributed by atoms with Crippen molar-refractivity contribution in [1.82, 2.24) is 4.90 Å². The molecule has 0 bridgehead atoms. The molecule has 4 nitrogen and oxygen atoms in total. The second-order valence-corrected chi connectivity index (χ2v) is 6.48. The lowest BCUT2D eigenvalue weighted by atomic mass is 9.92. The number of rotatable bonds is 1. The first kappa shape index (κ1) is 15.8. The number of nitrogens with one attached hydrogen (secondary N) is 1. The number of benzene rings is 1. The first-order chi connectivity index (χ1) is 9.86. The number of carbonyl (C=O) groups excluding carboxylic acids is 2. The zero-order valence-electron chi connectivity index (χ0n) is 12.6. The van der Waals surface area contributed by atoms with Gasteiger partial charge in [-0.05, 0) is 42.9 Å². The molecule has 0 saturated carbocycles. The Morgan fingerprint density at radius 3 is 2.43 bits per heavy atom. The number of aryl methyl sites for hydroxylation is 1. The van der Waals surface area contributed by atoms with Gasteiger partial charge in [-0.2, -0.15) is 0 Å². The summed E-state index contributed by atoms with van der Waals surface area (Å²) >= 11 is 6.02. The molecule has 1 aromatic rings. The summed E-state index contributed by atoms with van der Waals surface area (Å²) in [7, 11) is 0. The quantitative estimate of drug-likeness (QED) is 0.811. The molecule has 0 aliphatic carbocycles. The van der Waals surface area contributed by atoms with Gasteiger partial charge in [0.05, 0.1) is 0 Å². The normalized spacial score (nSPS) is 22.0. The van der Waals surface area contributed by atoms with Gasteiger partial charge in [0.25, 0.3) is 0 Å². The predicted octanol–water partition coefficient (Wildman–Crippen LogP) is 3.09. The van der Waals surface area contributed by atoms with Crippen LogP contribution in [0.3, 0.4) is 0 Å². The summed E-state index contributed by atoms with van der Waals surface area (Å²) in [4.78, 5) is 25.9. The molecule has 1 N–H and O–H groups in total. The van der Waals surface area contributed by atoms with E-state index in [1.54, 1.807) is 17.0 Å². The molecular formula is C16H21ClN2O2. The molecule has 0 aromatic heterocycles. The Morgan fingerprint density at radius 1 is 1.24 bits per heavy atom. The fourth-order valence-electron chi connectivity index (χ4n) is 2.83. The van der Waals surface area contributed by atoms with E-state index in [1.165, 1.54) is 0 Å². The van der Waals surface area contributed by atoms with Crippen LogP contribution in [0.5, 0.6) is 0 Å². The largest absolute Gasteiger partial charge is 0.334 e. The van der Waals surface area contributed by atoms with Crippen LogP contribution in [0.4, 0.5) is 5.69 Å². The van der Waals surface area contributed by atoms with Crippen LogP contribution in [0.25, 0.3) is 0 Å². The van der Waals surface area contributed by atoms with Crippen molar-refractivity contribution in [2.45, 2.75) is 27.2 Å². The van der Waals surface area contributed by atoms with Crippen molar-refractivity contribution in [2.24, 2.45) is 11.8 Å². The lowest BCUT2D eigenvalue weighted by molar-refractivity contribution is -0.144. The Labute approximate surface area is 130 Å². The number of carbonyl (C=O) groups is 2. The van der Waals surface area contributed by atoms with Gasteiger partial charge >= 0.3 is 11.8 Å². The second kappa shape index (κ2) is 6.48. The van der Waals surface area contributed by atoms with Crippen LogP contribution in [0.2, 0.25) is 5.02 Å². The molecule has 114 valence electrons. The minimum absolute atomic E-state index is 0.430. The minimum Gasteiger partial charge on any atom is -0.334 e. The second-order valence-electron chi connectivity index (χ2n) is 6.07. The van der Waals surface area contributed by atoms with Gasteiger partial charge in [-0.15, -0.1) is 0 Å². The van der Waals surface area contributed by atoms with E-state index >= 15 is 0 Å². The Balaban J connectivity index is 2.02. The summed E-state index contributed by atoms with van der Waals surface area (Å²) in [5.41, 5.74) is 1.47. The van der Waals surface area contributed by atoms with Crippen LogP contribution in [-0.4, -0.2) is 29.8 Å². The van der Waals surface area contributed by atoms with E-state index in [-0.39, 0.29) is 0 Å². The third-order valence-electron chi connectivity index (χ3n) is 3.78. The summed E-state index contributed by atoms with van der Waals surface area (Å²) < 4.78 is 0. The number of hydrogen-bond acceptors (Lipinski definition) is 2. The van der Waals surface area contributed by atoms with Crippen LogP contribution >= 0.6 is 11.6 Å². The highest BCUT2D eigenvalue weighted by Crippen LogP contribution is 2.22. The van der Waals surface area contributed by atoms with Gasteiger partial charge in [-0.1, -0.05) is 31.5 Å². The molecule has 1 heterocycles. The maximum atomic E-state index is 12.2. The van der Waals surface area contributed by atoms with Crippen LogP contribution in [0.1, 0.15) is 25.8 Å². The highest BCUT2D eigenvalue weighted by Gasteiger charge is 2.29. The molecule has 0 radical (unpaired) electrons. The first-order valence-corrected chi connectivity index (χ1v) is 7.61. The van der Waals surface area contributed by atoms with Crippen molar-refractivity contribution in [1.29, 1.82) is 0 Å². The third kappa shape index (κ3) is 3.97. The van der Waals surface area contributed by atoms with Crippen LogP contribution in [-0.2, 0) is 9.59 Å². The van der Waals surface area contributed by atoms with E-state index in [1.807, 2.05) is 13.0 Å². The van der Waals surface area contributed by atoms with Crippen molar-refractivity contribution in [3.63, 3.8) is 0 Å².